The van der Waals surface area contributed by atoms with Crippen LogP contribution in [0.5, 0.6) is 0 Å². The first kappa shape index (κ1) is 15.7. The van der Waals surface area contributed by atoms with Crippen LogP contribution >= 0.6 is 27.3 Å². The maximum atomic E-state index is 3.68. The van der Waals surface area contributed by atoms with Crippen LogP contribution in [0.4, 0.5) is 0 Å². The van der Waals surface area contributed by atoms with E-state index >= 15 is 0 Å². The molecule has 0 radical (unpaired) electrons. The summed E-state index contributed by atoms with van der Waals surface area (Å²) in [4.78, 5) is 2.77. The fourth-order valence-electron chi connectivity index (χ4n) is 2.21. The zero-order valence-electron chi connectivity index (χ0n) is 12.4. The lowest BCUT2D eigenvalue weighted by atomic mass is 10.0. The Morgan fingerprint density at radius 1 is 1.20 bits per heavy atom. The highest BCUT2D eigenvalue weighted by atomic mass is 79.9. The third-order valence-corrected chi connectivity index (χ3v) is 5.67. The Kier molecular flexibility index (Phi) is 5.82. The van der Waals surface area contributed by atoms with E-state index in [2.05, 4.69) is 72.3 Å². The number of nitrogens with one attached hydrogen (secondary N) is 1. The second-order valence-electron chi connectivity index (χ2n) is 5.25. The fraction of sp³-hybridized carbons (Fsp3) is 0.412. The van der Waals surface area contributed by atoms with E-state index in [1.807, 2.05) is 11.3 Å². The molecule has 1 aromatic heterocycles. The zero-order valence-corrected chi connectivity index (χ0v) is 14.8. The van der Waals surface area contributed by atoms with Crippen LogP contribution in [0.25, 0.3) is 0 Å². The van der Waals surface area contributed by atoms with Crippen molar-refractivity contribution in [3.8, 4) is 0 Å². The molecule has 0 saturated carbocycles. The lowest BCUT2D eigenvalue weighted by molar-refractivity contribution is 0.536. The van der Waals surface area contributed by atoms with Gasteiger partial charge in [0.05, 0.1) is 0 Å². The highest BCUT2D eigenvalue weighted by Crippen LogP contribution is 2.32. The normalized spacial score (nSPS) is 12.6. The third-order valence-electron chi connectivity index (χ3n) is 3.42. The smallest absolute Gasteiger partial charge is 0.0456 e. The van der Waals surface area contributed by atoms with E-state index in [-0.39, 0.29) is 0 Å². The fourth-order valence-corrected chi connectivity index (χ4v) is 3.84. The summed E-state index contributed by atoms with van der Waals surface area (Å²) in [5.74, 6) is 0. The molecule has 0 spiro atoms. The molecule has 3 heteroatoms. The maximum absolute atomic E-state index is 3.68. The van der Waals surface area contributed by atoms with E-state index in [4.69, 9.17) is 0 Å². The quantitative estimate of drug-likeness (QED) is 0.733. The van der Waals surface area contributed by atoms with Gasteiger partial charge in [0, 0.05) is 20.3 Å². The van der Waals surface area contributed by atoms with Gasteiger partial charge in [-0.25, -0.2) is 0 Å². The minimum atomic E-state index is 0.410. The highest BCUT2D eigenvalue weighted by Gasteiger charge is 2.15. The van der Waals surface area contributed by atoms with Crippen molar-refractivity contribution >= 4 is 27.3 Å². The van der Waals surface area contributed by atoms with Gasteiger partial charge in [-0.05, 0) is 60.8 Å². The third kappa shape index (κ3) is 4.18. The summed E-state index contributed by atoms with van der Waals surface area (Å²) in [5.41, 5.74) is 2.72. The van der Waals surface area contributed by atoms with E-state index < -0.39 is 0 Å². The molecule has 0 fully saturated rings. The molecule has 108 valence electrons. The number of hydrogen-bond donors (Lipinski definition) is 1. The summed E-state index contributed by atoms with van der Waals surface area (Å²) in [7, 11) is 0. The Bertz CT molecular complexity index is 525. The van der Waals surface area contributed by atoms with Crippen LogP contribution in [-0.2, 0) is 6.42 Å². The van der Waals surface area contributed by atoms with Gasteiger partial charge in [-0.2, -0.15) is 0 Å². The van der Waals surface area contributed by atoms with Gasteiger partial charge >= 0.3 is 0 Å². The molecule has 2 rings (SSSR count). The van der Waals surface area contributed by atoms with Crippen LogP contribution in [0.2, 0.25) is 0 Å². The molecule has 2 aromatic rings. The van der Waals surface area contributed by atoms with Gasteiger partial charge in [0.2, 0.25) is 0 Å². The Morgan fingerprint density at radius 3 is 2.45 bits per heavy atom. The molecule has 1 atom stereocenters. The van der Waals surface area contributed by atoms with Crippen molar-refractivity contribution in [1.29, 1.82) is 0 Å². The SMILES string of the molecule is CCCNC(Cc1ccc(C)cc1)c1cc(Br)c(C)s1. The summed E-state index contributed by atoms with van der Waals surface area (Å²) in [6, 6.07) is 11.6. The second kappa shape index (κ2) is 7.39. The number of rotatable bonds is 6. The Balaban J connectivity index is 2.16. The van der Waals surface area contributed by atoms with Gasteiger partial charge in [-0.3, -0.25) is 0 Å². The number of benzene rings is 1. The molecule has 0 saturated heterocycles. The first-order chi connectivity index (χ1) is 9.60. The highest BCUT2D eigenvalue weighted by molar-refractivity contribution is 9.10. The summed E-state index contributed by atoms with van der Waals surface area (Å²) in [6.07, 6.45) is 2.21. The van der Waals surface area contributed by atoms with Crippen LogP contribution in [0.3, 0.4) is 0 Å². The predicted molar refractivity (Wildman–Crippen MR) is 92.7 cm³/mol. The van der Waals surface area contributed by atoms with Gasteiger partial charge in [0.1, 0.15) is 0 Å². The molecule has 20 heavy (non-hydrogen) atoms. The Hall–Kier alpha value is -0.640. The molecular formula is C17H22BrNS. The summed E-state index contributed by atoms with van der Waals surface area (Å²) in [5, 5.41) is 3.68. The molecule has 1 heterocycles. The molecular weight excluding hydrogens is 330 g/mol. The molecule has 0 aliphatic heterocycles. The van der Waals surface area contributed by atoms with Crippen LogP contribution in [0, 0.1) is 13.8 Å². The van der Waals surface area contributed by atoms with Gasteiger partial charge in [0.15, 0.2) is 0 Å². The minimum Gasteiger partial charge on any atom is -0.309 e. The molecule has 1 unspecified atom stereocenters. The monoisotopic (exact) mass is 351 g/mol. The maximum Gasteiger partial charge on any atom is 0.0456 e. The predicted octanol–water partition coefficient (Wildman–Crippen LogP) is 5.41. The number of thiophene rings is 1. The minimum absolute atomic E-state index is 0.410. The standard InChI is InChI=1S/C17H22BrNS/c1-4-9-19-16(17-11-15(18)13(3)20-17)10-14-7-5-12(2)6-8-14/h5-8,11,16,19H,4,9-10H2,1-3H3. The Morgan fingerprint density at radius 2 is 1.90 bits per heavy atom. The van der Waals surface area contributed by atoms with Gasteiger partial charge in [0.25, 0.3) is 0 Å². The van der Waals surface area contributed by atoms with Crippen molar-refractivity contribution in [2.75, 3.05) is 6.54 Å². The molecule has 1 nitrogen and oxygen atoms in total. The van der Waals surface area contributed by atoms with Crippen molar-refractivity contribution in [2.45, 2.75) is 39.7 Å². The molecule has 0 bridgehead atoms. The van der Waals surface area contributed by atoms with Crippen molar-refractivity contribution in [3.05, 3.63) is 55.7 Å². The van der Waals surface area contributed by atoms with Gasteiger partial charge < -0.3 is 5.32 Å². The van der Waals surface area contributed by atoms with Crippen molar-refractivity contribution < 1.29 is 0 Å². The van der Waals surface area contributed by atoms with Gasteiger partial charge in [-0.15, -0.1) is 11.3 Å². The second-order valence-corrected chi connectivity index (χ2v) is 7.39. The van der Waals surface area contributed by atoms with Crippen LogP contribution < -0.4 is 5.32 Å². The van der Waals surface area contributed by atoms with Crippen LogP contribution in [0.1, 0.15) is 40.3 Å². The first-order valence-electron chi connectivity index (χ1n) is 7.15. The van der Waals surface area contributed by atoms with E-state index in [0.717, 1.165) is 19.4 Å². The van der Waals surface area contributed by atoms with Crippen LogP contribution in [0.15, 0.2) is 34.8 Å². The van der Waals surface area contributed by atoms with E-state index in [1.165, 1.54) is 25.4 Å². The largest absolute Gasteiger partial charge is 0.309 e. The van der Waals surface area contributed by atoms with E-state index in [9.17, 15) is 0 Å². The molecule has 0 aliphatic rings. The number of halogens is 1. The first-order valence-corrected chi connectivity index (χ1v) is 8.76. The van der Waals surface area contributed by atoms with E-state index in [0.29, 0.717) is 6.04 Å². The van der Waals surface area contributed by atoms with Crippen molar-refractivity contribution in [1.82, 2.24) is 5.32 Å². The summed E-state index contributed by atoms with van der Waals surface area (Å²) >= 11 is 5.52. The lowest BCUT2D eigenvalue weighted by Crippen LogP contribution is -2.23. The number of aryl methyl sites for hydroxylation is 2. The summed E-state index contributed by atoms with van der Waals surface area (Å²) in [6.45, 7) is 7.58. The summed E-state index contributed by atoms with van der Waals surface area (Å²) < 4.78 is 1.23. The lowest BCUT2D eigenvalue weighted by Gasteiger charge is -2.17. The molecule has 0 amide bonds. The molecule has 0 aliphatic carbocycles. The average Bonchev–Trinajstić information content (AvgIpc) is 2.77. The molecule has 1 aromatic carbocycles. The van der Waals surface area contributed by atoms with Crippen LogP contribution in [-0.4, -0.2) is 6.54 Å². The molecule has 1 N–H and O–H groups in total. The topological polar surface area (TPSA) is 12.0 Å². The number of hydrogen-bond acceptors (Lipinski definition) is 2. The van der Waals surface area contributed by atoms with E-state index in [1.54, 1.807) is 0 Å². The average molecular weight is 352 g/mol. The zero-order chi connectivity index (χ0) is 14.5. The van der Waals surface area contributed by atoms with Gasteiger partial charge in [-0.1, -0.05) is 36.8 Å². The van der Waals surface area contributed by atoms with Crippen molar-refractivity contribution in [3.63, 3.8) is 0 Å². The van der Waals surface area contributed by atoms with Crippen molar-refractivity contribution in [2.24, 2.45) is 0 Å². The Labute approximate surface area is 134 Å².